The van der Waals surface area contributed by atoms with Crippen molar-refractivity contribution in [2.45, 2.75) is 19.3 Å². The number of alkyl halides is 2. The van der Waals surface area contributed by atoms with E-state index in [0.29, 0.717) is 9.88 Å². The average molecular weight is 276 g/mol. The molecule has 1 aromatic rings. The van der Waals surface area contributed by atoms with E-state index in [1.165, 1.54) is 7.11 Å². The maximum absolute atomic E-state index is 12.2. The number of ketones is 1. The SMILES string of the molecule is COc1c(NCC(F)F)sc(C(=O)C2CC2)c1N. The van der Waals surface area contributed by atoms with Crippen LogP contribution in [0.25, 0.3) is 0 Å². The Labute approximate surface area is 107 Å². The largest absolute Gasteiger partial charge is 0.492 e. The molecule has 0 aliphatic heterocycles. The summed E-state index contributed by atoms with van der Waals surface area (Å²) < 4.78 is 29.4. The maximum atomic E-state index is 12.2. The first kappa shape index (κ1) is 13.1. The summed E-state index contributed by atoms with van der Waals surface area (Å²) in [6, 6.07) is 0. The molecule has 1 aliphatic carbocycles. The molecular weight excluding hydrogens is 262 g/mol. The number of nitrogens with one attached hydrogen (secondary N) is 1. The first-order chi connectivity index (χ1) is 8.54. The van der Waals surface area contributed by atoms with Crippen LogP contribution in [0.2, 0.25) is 0 Å². The molecule has 0 bridgehead atoms. The summed E-state index contributed by atoms with van der Waals surface area (Å²) in [6.07, 6.45) is -0.725. The third-order valence-corrected chi connectivity index (χ3v) is 3.85. The third-order valence-electron chi connectivity index (χ3n) is 2.69. The molecule has 3 N–H and O–H groups in total. The fourth-order valence-electron chi connectivity index (χ4n) is 1.63. The summed E-state index contributed by atoms with van der Waals surface area (Å²) in [7, 11) is 1.40. The number of rotatable bonds is 6. The van der Waals surface area contributed by atoms with Gasteiger partial charge in [-0.15, -0.1) is 11.3 Å². The molecule has 2 rings (SSSR count). The lowest BCUT2D eigenvalue weighted by atomic mass is 10.2. The Balaban J connectivity index is 2.23. The van der Waals surface area contributed by atoms with E-state index in [2.05, 4.69) is 5.32 Å². The molecule has 0 unspecified atom stereocenters. The summed E-state index contributed by atoms with van der Waals surface area (Å²) >= 11 is 1.09. The topological polar surface area (TPSA) is 64.3 Å². The summed E-state index contributed by atoms with van der Waals surface area (Å²) in [5.74, 6) is 0.309. The number of carbonyl (C=O) groups excluding carboxylic acids is 1. The average Bonchev–Trinajstić information content (AvgIpc) is 3.11. The lowest BCUT2D eigenvalue weighted by Crippen LogP contribution is -2.09. The van der Waals surface area contributed by atoms with Crippen LogP contribution in [0, 0.1) is 5.92 Å². The minimum absolute atomic E-state index is 0.0131. The molecule has 0 atom stereocenters. The van der Waals surface area contributed by atoms with Gasteiger partial charge in [0.15, 0.2) is 11.5 Å². The van der Waals surface area contributed by atoms with Crippen LogP contribution in [-0.2, 0) is 0 Å². The summed E-state index contributed by atoms with van der Waals surface area (Å²) in [4.78, 5) is 12.4. The quantitative estimate of drug-likeness (QED) is 0.784. The first-order valence-electron chi connectivity index (χ1n) is 5.57. The zero-order chi connectivity index (χ0) is 13.3. The van der Waals surface area contributed by atoms with Crippen LogP contribution in [0.3, 0.4) is 0 Å². The fraction of sp³-hybridized carbons (Fsp3) is 0.545. The fourth-order valence-corrected chi connectivity index (χ4v) is 2.75. The normalized spacial score (nSPS) is 14.9. The zero-order valence-electron chi connectivity index (χ0n) is 9.83. The number of hydrogen-bond acceptors (Lipinski definition) is 5. The van der Waals surface area contributed by atoms with Crippen molar-refractivity contribution in [1.29, 1.82) is 0 Å². The van der Waals surface area contributed by atoms with Crippen LogP contribution in [0.15, 0.2) is 0 Å². The van der Waals surface area contributed by atoms with Gasteiger partial charge in [-0.2, -0.15) is 0 Å². The minimum Gasteiger partial charge on any atom is -0.492 e. The highest BCUT2D eigenvalue weighted by molar-refractivity contribution is 7.19. The second-order valence-corrected chi connectivity index (χ2v) is 5.14. The van der Waals surface area contributed by atoms with Crippen LogP contribution in [0.1, 0.15) is 22.5 Å². The van der Waals surface area contributed by atoms with Gasteiger partial charge in [-0.25, -0.2) is 8.78 Å². The van der Waals surface area contributed by atoms with Gasteiger partial charge in [-0.3, -0.25) is 4.79 Å². The van der Waals surface area contributed by atoms with Crippen molar-refractivity contribution in [1.82, 2.24) is 0 Å². The number of nitrogen functional groups attached to an aromatic ring is 1. The smallest absolute Gasteiger partial charge is 0.255 e. The number of Topliss-reactive ketones (excluding diaryl/α,β-unsaturated/α-hetero) is 1. The Morgan fingerprint density at radius 1 is 1.61 bits per heavy atom. The maximum Gasteiger partial charge on any atom is 0.255 e. The Kier molecular flexibility index (Phi) is 3.70. The van der Waals surface area contributed by atoms with Gasteiger partial charge in [0.25, 0.3) is 6.43 Å². The summed E-state index contributed by atoms with van der Waals surface area (Å²) in [5.41, 5.74) is 6.07. The van der Waals surface area contributed by atoms with Crippen molar-refractivity contribution >= 4 is 27.8 Å². The molecule has 1 heterocycles. The molecule has 0 radical (unpaired) electrons. The predicted molar refractivity (Wildman–Crippen MR) is 66.8 cm³/mol. The lowest BCUT2D eigenvalue weighted by molar-refractivity contribution is 0.0972. The zero-order valence-corrected chi connectivity index (χ0v) is 10.7. The molecule has 100 valence electrons. The molecule has 1 saturated carbocycles. The van der Waals surface area contributed by atoms with Crippen molar-refractivity contribution in [3.63, 3.8) is 0 Å². The van der Waals surface area contributed by atoms with Crippen molar-refractivity contribution < 1.29 is 18.3 Å². The number of hydrogen-bond donors (Lipinski definition) is 2. The molecular formula is C11H14F2N2O2S. The molecule has 0 spiro atoms. The first-order valence-corrected chi connectivity index (χ1v) is 6.38. The highest BCUT2D eigenvalue weighted by Crippen LogP contribution is 2.46. The van der Waals surface area contributed by atoms with Crippen LogP contribution in [0.5, 0.6) is 5.75 Å². The molecule has 0 aromatic carbocycles. The number of anilines is 2. The molecule has 1 fully saturated rings. The van der Waals surface area contributed by atoms with E-state index in [4.69, 9.17) is 10.5 Å². The van der Waals surface area contributed by atoms with E-state index in [1.54, 1.807) is 0 Å². The van der Waals surface area contributed by atoms with E-state index < -0.39 is 13.0 Å². The number of methoxy groups -OCH3 is 1. The standard InChI is InChI=1S/C11H14F2N2O2S/c1-17-9-7(14)10(8(16)5-2-3-5)18-11(9)15-4-6(12)13/h5-6,15H,2-4,14H2,1H3. The number of ether oxygens (including phenoxy) is 1. The van der Waals surface area contributed by atoms with Crippen molar-refractivity contribution in [2.24, 2.45) is 5.92 Å². The van der Waals surface area contributed by atoms with Gasteiger partial charge in [0.05, 0.1) is 24.2 Å². The van der Waals surface area contributed by atoms with Gasteiger partial charge in [0.1, 0.15) is 5.00 Å². The molecule has 0 saturated heterocycles. The lowest BCUT2D eigenvalue weighted by Gasteiger charge is -2.05. The van der Waals surface area contributed by atoms with Gasteiger partial charge < -0.3 is 15.8 Å². The monoisotopic (exact) mass is 276 g/mol. The predicted octanol–water partition coefficient (Wildman–Crippen LogP) is 2.61. The third kappa shape index (κ3) is 2.55. The van der Waals surface area contributed by atoms with Gasteiger partial charge in [-0.05, 0) is 12.8 Å². The Hall–Kier alpha value is -1.37. The van der Waals surface area contributed by atoms with E-state index in [9.17, 15) is 13.6 Å². The summed E-state index contributed by atoms with van der Waals surface area (Å²) in [6.45, 7) is -0.493. The van der Waals surface area contributed by atoms with Gasteiger partial charge in [0, 0.05) is 5.92 Å². The van der Waals surface area contributed by atoms with Gasteiger partial charge >= 0.3 is 0 Å². The number of thiophene rings is 1. The Morgan fingerprint density at radius 2 is 2.28 bits per heavy atom. The number of halogens is 2. The Morgan fingerprint density at radius 3 is 2.78 bits per heavy atom. The van der Waals surface area contributed by atoms with Crippen LogP contribution in [0.4, 0.5) is 19.5 Å². The molecule has 7 heteroatoms. The molecule has 0 amide bonds. The van der Waals surface area contributed by atoms with E-state index in [-0.39, 0.29) is 23.1 Å². The summed E-state index contributed by atoms with van der Waals surface area (Å²) in [5, 5.41) is 2.94. The van der Waals surface area contributed by atoms with Crippen LogP contribution in [-0.4, -0.2) is 25.9 Å². The van der Waals surface area contributed by atoms with E-state index in [1.807, 2.05) is 0 Å². The number of carbonyl (C=O) groups is 1. The number of nitrogens with two attached hydrogens (primary N) is 1. The molecule has 4 nitrogen and oxygen atoms in total. The van der Waals surface area contributed by atoms with Crippen LogP contribution < -0.4 is 15.8 Å². The van der Waals surface area contributed by atoms with Gasteiger partial charge in [-0.1, -0.05) is 0 Å². The van der Waals surface area contributed by atoms with Crippen molar-refractivity contribution in [3.05, 3.63) is 4.88 Å². The molecule has 18 heavy (non-hydrogen) atoms. The molecule has 1 aliphatic rings. The van der Waals surface area contributed by atoms with Crippen molar-refractivity contribution in [3.8, 4) is 5.75 Å². The highest BCUT2D eigenvalue weighted by Gasteiger charge is 2.34. The van der Waals surface area contributed by atoms with E-state index >= 15 is 0 Å². The minimum atomic E-state index is -2.47. The molecule has 1 aromatic heterocycles. The van der Waals surface area contributed by atoms with Gasteiger partial charge in [0.2, 0.25) is 0 Å². The second kappa shape index (κ2) is 5.09. The highest BCUT2D eigenvalue weighted by atomic mass is 32.1. The second-order valence-electron chi connectivity index (χ2n) is 4.12. The van der Waals surface area contributed by atoms with Crippen molar-refractivity contribution in [2.75, 3.05) is 24.7 Å². The van der Waals surface area contributed by atoms with Crippen LogP contribution >= 0.6 is 11.3 Å². The van der Waals surface area contributed by atoms with E-state index in [0.717, 1.165) is 24.2 Å². The Bertz CT molecular complexity index is 458.